The van der Waals surface area contributed by atoms with E-state index in [2.05, 4.69) is 10.2 Å². The first-order valence-corrected chi connectivity index (χ1v) is 7.70. The van der Waals surface area contributed by atoms with Gasteiger partial charge >= 0.3 is 0 Å². The number of hydrogen-bond donors (Lipinski definition) is 0. The molecule has 7 heteroatoms. The molecule has 2 aromatic rings. The highest BCUT2D eigenvalue weighted by atomic mass is 19.1. The van der Waals surface area contributed by atoms with Crippen LogP contribution in [0, 0.1) is 24.5 Å². The number of aryl methyl sites for hydroxylation is 1. The molecule has 0 saturated carbocycles. The molecule has 1 aliphatic heterocycles. The molecule has 0 N–H and O–H groups in total. The molecule has 0 aliphatic carbocycles. The maximum Gasteiger partial charge on any atom is 0.256 e. The van der Waals surface area contributed by atoms with E-state index in [4.69, 9.17) is 4.74 Å². The fourth-order valence-electron chi connectivity index (χ4n) is 2.65. The van der Waals surface area contributed by atoms with Gasteiger partial charge in [0.1, 0.15) is 11.6 Å². The van der Waals surface area contributed by atoms with Crippen molar-refractivity contribution < 1.29 is 18.3 Å². The van der Waals surface area contributed by atoms with Crippen LogP contribution in [0.2, 0.25) is 0 Å². The average Bonchev–Trinajstić information content (AvgIpc) is 3.03. The van der Waals surface area contributed by atoms with Crippen molar-refractivity contribution in [3.8, 4) is 5.88 Å². The maximum atomic E-state index is 13.7. The van der Waals surface area contributed by atoms with E-state index in [0.717, 1.165) is 24.2 Å². The van der Waals surface area contributed by atoms with E-state index >= 15 is 0 Å². The number of rotatable bonds is 4. The summed E-state index contributed by atoms with van der Waals surface area (Å²) >= 11 is 0. The van der Waals surface area contributed by atoms with E-state index in [1.54, 1.807) is 11.0 Å². The molecule has 1 unspecified atom stereocenters. The Labute approximate surface area is 138 Å². The molecule has 1 aliphatic rings. The van der Waals surface area contributed by atoms with E-state index in [1.807, 2.05) is 13.0 Å². The van der Waals surface area contributed by atoms with Crippen molar-refractivity contribution in [2.75, 3.05) is 19.7 Å². The standard InChI is InChI=1S/C17H17F2N3O2/c1-11-2-5-16(21-20-11)24-10-12-6-7-22(9-12)17(23)14-4-3-13(18)8-15(14)19/h2-5,8,12H,6-7,9-10H2,1H3. The van der Waals surface area contributed by atoms with Gasteiger partial charge in [0, 0.05) is 31.1 Å². The van der Waals surface area contributed by atoms with Crippen molar-refractivity contribution in [1.29, 1.82) is 0 Å². The fourth-order valence-corrected chi connectivity index (χ4v) is 2.65. The Kier molecular flexibility index (Phi) is 4.69. The van der Waals surface area contributed by atoms with Gasteiger partial charge in [0.2, 0.25) is 5.88 Å². The third kappa shape index (κ3) is 3.67. The summed E-state index contributed by atoms with van der Waals surface area (Å²) in [7, 11) is 0. The van der Waals surface area contributed by atoms with E-state index < -0.39 is 17.5 Å². The predicted molar refractivity (Wildman–Crippen MR) is 82.6 cm³/mol. The molecule has 1 aromatic heterocycles. The molecule has 0 bridgehead atoms. The first-order chi connectivity index (χ1) is 11.5. The minimum atomic E-state index is -0.838. The van der Waals surface area contributed by atoms with Crippen LogP contribution in [0.15, 0.2) is 30.3 Å². The number of halogens is 2. The van der Waals surface area contributed by atoms with Crippen molar-refractivity contribution >= 4 is 5.91 Å². The third-order valence-electron chi connectivity index (χ3n) is 3.97. The lowest BCUT2D eigenvalue weighted by Gasteiger charge is -2.17. The predicted octanol–water partition coefficient (Wildman–Crippen LogP) is 2.60. The Balaban J connectivity index is 1.56. The lowest BCUT2D eigenvalue weighted by molar-refractivity contribution is 0.0778. The molecule has 1 aromatic carbocycles. The van der Waals surface area contributed by atoms with Gasteiger partial charge in [-0.25, -0.2) is 8.78 Å². The topological polar surface area (TPSA) is 55.3 Å². The van der Waals surface area contributed by atoms with Crippen molar-refractivity contribution in [1.82, 2.24) is 15.1 Å². The van der Waals surface area contributed by atoms with Gasteiger partial charge in [0.25, 0.3) is 5.91 Å². The number of hydrogen-bond acceptors (Lipinski definition) is 4. The molecule has 0 spiro atoms. The minimum Gasteiger partial charge on any atom is -0.476 e. The van der Waals surface area contributed by atoms with E-state index in [1.165, 1.54) is 6.07 Å². The van der Waals surface area contributed by atoms with Gasteiger partial charge in [-0.2, -0.15) is 5.10 Å². The second-order valence-corrected chi connectivity index (χ2v) is 5.85. The van der Waals surface area contributed by atoms with Crippen LogP contribution in [0.5, 0.6) is 5.88 Å². The summed E-state index contributed by atoms with van der Waals surface area (Å²) in [4.78, 5) is 13.9. The average molecular weight is 333 g/mol. The smallest absolute Gasteiger partial charge is 0.256 e. The highest BCUT2D eigenvalue weighted by Crippen LogP contribution is 2.21. The lowest BCUT2D eigenvalue weighted by Crippen LogP contribution is -2.30. The van der Waals surface area contributed by atoms with Crippen LogP contribution in [0.3, 0.4) is 0 Å². The van der Waals surface area contributed by atoms with Crippen LogP contribution in [0.25, 0.3) is 0 Å². The third-order valence-corrected chi connectivity index (χ3v) is 3.97. The van der Waals surface area contributed by atoms with Gasteiger partial charge in [-0.1, -0.05) is 0 Å². The Bertz CT molecular complexity index is 737. The normalized spacial score (nSPS) is 17.1. The number of nitrogens with zero attached hydrogens (tertiary/aromatic N) is 3. The van der Waals surface area contributed by atoms with Crippen LogP contribution in [-0.2, 0) is 0 Å². The van der Waals surface area contributed by atoms with Gasteiger partial charge < -0.3 is 9.64 Å². The Morgan fingerprint density at radius 1 is 1.29 bits per heavy atom. The summed E-state index contributed by atoms with van der Waals surface area (Å²) in [5.74, 6) is -1.38. The van der Waals surface area contributed by atoms with Crippen LogP contribution >= 0.6 is 0 Å². The highest BCUT2D eigenvalue weighted by molar-refractivity contribution is 5.94. The molecule has 1 fully saturated rings. The van der Waals surface area contributed by atoms with Crippen molar-refractivity contribution in [3.05, 3.63) is 53.2 Å². The molecular weight excluding hydrogens is 316 g/mol. The summed E-state index contributed by atoms with van der Waals surface area (Å²) in [6, 6.07) is 6.54. The van der Waals surface area contributed by atoms with E-state index in [0.29, 0.717) is 25.6 Å². The number of carbonyl (C=O) groups is 1. The molecule has 5 nitrogen and oxygen atoms in total. The second kappa shape index (κ2) is 6.90. The van der Waals surface area contributed by atoms with Crippen molar-refractivity contribution in [2.24, 2.45) is 5.92 Å². The molecule has 1 saturated heterocycles. The van der Waals surface area contributed by atoms with Crippen LogP contribution in [0.4, 0.5) is 8.78 Å². The number of aromatic nitrogens is 2. The summed E-state index contributed by atoms with van der Waals surface area (Å²) < 4.78 is 32.3. The van der Waals surface area contributed by atoms with Gasteiger partial charge in [0.05, 0.1) is 17.9 Å². The van der Waals surface area contributed by atoms with Gasteiger partial charge in [-0.05, 0) is 31.5 Å². The SMILES string of the molecule is Cc1ccc(OCC2CCN(C(=O)c3ccc(F)cc3F)C2)nn1. The summed E-state index contributed by atoms with van der Waals surface area (Å²) in [5, 5.41) is 7.84. The number of ether oxygens (including phenoxy) is 1. The zero-order valence-corrected chi connectivity index (χ0v) is 13.2. The van der Waals surface area contributed by atoms with E-state index in [-0.39, 0.29) is 11.5 Å². The Morgan fingerprint density at radius 3 is 2.83 bits per heavy atom. The number of amides is 1. The fraction of sp³-hybridized carbons (Fsp3) is 0.353. The first-order valence-electron chi connectivity index (χ1n) is 7.70. The number of benzene rings is 1. The lowest BCUT2D eigenvalue weighted by atomic mass is 10.1. The molecule has 24 heavy (non-hydrogen) atoms. The minimum absolute atomic E-state index is 0.109. The molecular formula is C17H17F2N3O2. The zero-order valence-electron chi connectivity index (χ0n) is 13.2. The first kappa shape index (κ1) is 16.3. The van der Waals surface area contributed by atoms with Crippen LogP contribution in [-0.4, -0.2) is 40.7 Å². The Hall–Kier alpha value is -2.57. The van der Waals surface area contributed by atoms with Crippen LogP contribution < -0.4 is 4.74 Å². The summed E-state index contributed by atoms with van der Waals surface area (Å²) in [6.45, 7) is 3.23. The van der Waals surface area contributed by atoms with Gasteiger partial charge in [-0.15, -0.1) is 5.10 Å². The Morgan fingerprint density at radius 2 is 2.12 bits per heavy atom. The molecule has 1 amide bonds. The van der Waals surface area contributed by atoms with Crippen molar-refractivity contribution in [2.45, 2.75) is 13.3 Å². The summed E-state index contributed by atoms with van der Waals surface area (Å²) in [5.41, 5.74) is 0.698. The zero-order chi connectivity index (χ0) is 17.1. The van der Waals surface area contributed by atoms with E-state index in [9.17, 15) is 13.6 Å². The highest BCUT2D eigenvalue weighted by Gasteiger charge is 2.29. The number of carbonyl (C=O) groups excluding carboxylic acids is 1. The molecule has 126 valence electrons. The van der Waals surface area contributed by atoms with Gasteiger partial charge in [0.15, 0.2) is 0 Å². The molecule has 1 atom stereocenters. The quantitative estimate of drug-likeness (QED) is 0.863. The van der Waals surface area contributed by atoms with Crippen LogP contribution in [0.1, 0.15) is 22.5 Å². The monoisotopic (exact) mass is 333 g/mol. The largest absolute Gasteiger partial charge is 0.476 e. The van der Waals surface area contributed by atoms with Crippen molar-refractivity contribution in [3.63, 3.8) is 0 Å². The molecule has 2 heterocycles. The maximum absolute atomic E-state index is 13.7. The summed E-state index contributed by atoms with van der Waals surface area (Å²) in [6.07, 6.45) is 0.758. The molecule has 3 rings (SSSR count). The number of likely N-dealkylation sites (tertiary alicyclic amines) is 1. The second-order valence-electron chi connectivity index (χ2n) is 5.85. The van der Waals surface area contributed by atoms with Gasteiger partial charge in [-0.3, -0.25) is 4.79 Å². The molecule has 0 radical (unpaired) electrons.